The Morgan fingerprint density at radius 1 is 1.00 bits per heavy atom. The van der Waals surface area contributed by atoms with Crippen molar-refractivity contribution in [1.29, 1.82) is 0 Å². The molecule has 0 saturated heterocycles. The maximum absolute atomic E-state index is 12.5. The average Bonchev–Trinajstić information content (AvgIpc) is 2.69. The van der Waals surface area contributed by atoms with Gasteiger partial charge >= 0.3 is 0 Å². The Kier molecular flexibility index (Phi) is 3.96. The van der Waals surface area contributed by atoms with Crippen LogP contribution in [0.3, 0.4) is 0 Å². The van der Waals surface area contributed by atoms with Gasteiger partial charge in [-0.15, -0.1) is 0 Å². The molecular formula is C13H19NO4S2. The van der Waals surface area contributed by atoms with E-state index in [2.05, 4.69) is 0 Å². The molecule has 0 radical (unpaired) electrons. The number of hydrogen-bond donors (Lipinski definition) is 1. The molecule has 20 heavy (non-hydrogen) atoms. The van der Waals surface area contributed by atoms with E-state index in [-0.39, 0.29) is 21.8 Å². The minimum Gasteiger partial charge on any atom is -0.327 e. The Balaban J connectivity index is 2.36. The highest BCUT2D eigenvalue weighted by Gasteiger charge is 2.39. The molecule has 1 saturated carbocycles. The first-order chi connectivity index (χ1) is 9.14. The lowest BCUT2D eigenvalue weighted by atomic mass is 10.1. The van der Waals surface area contributed by atoms with Gasteiger partial charge in [-0.2, -0.15) is 0 Å². The third-order valence-electron chi connectivity index (χ3n) is 4.03. The summed E-state index contributed by atoms with van der Waals surface area (Å²) in [6.07, 6.45) is 2.35. The fraction of sp³-hybridized carbons (Fsp3) is 0.538. The van der Waals surface area contributed by atoms with Gasteiger partial charge in [-0.25, -0.2) is 16.8 Å². The Hall–Kier alpha value is -0.920. The molecule has 0 amide bonds. The molecule has 0 spiro atoms. The first-order valence-electron chi connectivity index (χ1n) is 6.43. The topological polar surface area (TPSA) is 94.3 Å². The Morgan fingerprint density at radius 3 is 1.90 bits per heavy atom. The van der Waals surface area contributed by atoms with Crippen molar-refractivity contribution in [2.24, 2.45) is 11.7 Å². The Bertz CT molecular complexity index is 692. The molecule has 7 heteroatoms. The van der Waals surface area contributed by atoms with Crippen molar-refractivity contribution >= 4 is 19.7 Å². The van der Waals surface area contributed by atoms with Gasteiger partial charge in [0.25, 0.3) is 0 Å². The average molecular weight is 317 g/mol. The molecule has 1 aromatic carbocycles. The summed E-state index contributed by atoms with van der Waals surface area (Å²) < 4.78 is 47.9. The Morgan fingerprint density at radius 2 is 1.50 bits per heavy atom. The van der Waals surface area contributed by atoms with E-state index in [4.69, 9.17) is 5.73 Å². The molecule has 3 atom stereocenters. The summed E-state index contributed by atoms with van der Waals surface area (Å²) in [7, 11) is -6.78. The highest BCUT2D eigenvalue weighted by molar-refractivity contribution is 7.92. The zero-order valence-electron chi connectivity index (χ0n) is 11.5. The lowest BCUT2D eigenvalue weighted by molar-refractivity contribution is 0.507. The fourth-order valence-corrected chi connectivity index (χ4v) is 5.36. The maximum atomic E-state index is 12.5. The smallest absolute Gasteiger partial charge is 0.181 e. The molecule has 5 nitrogen and oxygen atoms in total. The second-order valence-corrected chi connectivity index (χ2v) is 9.61. The first kappa shape index (κ1) is 15.5. The maximum Gasteiger partial charge on any atom is 0.181 e. The third kappa shape index (κ3) is 2.75. The molecule has 0 aliphatic heterocycles. The number of benzene rings is 1. The standard InChI is InChI=1S/C13H19NO4S2/c1-9-12(14)7-8-13(9)20(17,18)11-5-3-10(4-6-11)19(2,15)16/h3-6,9,12-13H,7-8,14H2,1-2H3. The van der Waals surface area contributed by atoms with Crippen LogP contribution in [0.15, 0.2) is 34.1 Å². The highest BCUT2D eigenvalue weighted by Crippen LogP contribution is 2.33. The van der Waals surface area contributed by atoms with Crippen molar-refractivity contribution in [3.05, 3.63) is 24.3 Å². The predicted octanol–water partition coefficient (Wildman–Crippen LogP) is 0.990. The molecule has 1 aliphatic carbocycles. The molecule has 0 heterocycles. The van der Waals surface area contributed by atoms with Crippen LogP contribution in [0.5, 0.6) is 0 Å². The van der Waals surface area contributed by atoms with Crippen LogP contribution in [0, 0.1) is 5.92 Å². The highest BCUT2D eigenvalue weighted by atomic mass is 32.2. The lowest BCUT2D eigenvalue weighted by Gasteiger charge is -2.18. The zero-order chi connectivity index (χ0) is 15.1. The van der Waals surface area contributed by atoms with E-state index in [0.29, 0.717) is 12.8 Å². The first-order valence-corrected chi connectivity index (χ1v) is 9.87. The SMILES string of the molecule is CC1C(N)CCC1S(=O)(=O)c1ccc(S(C)(=O)=O)cc1. The predicted molar refractivity (Wildman–Crippen MR) is 76.9 cm³/mol. The van der Waals surface area contributed by atoms with Gasteiger partial charge in [0.05, 0.1) is 15.0 Å². The van der Waals surface area contributed by atoms with Crippen LogP contribution >= 0.6 is 0 Å². The molecule has 1 fully saturated rings. The van der Waals surface area contributed by atoms with E-state index in [0.717, 1.165) is 6.26 Å². The van der Waals surface area contributed by atoms with Crippen molar-refractivity contribution in [2.75, 3.05) is 6.26 Å². The summed E-state index contributed by atoms with van der Waals surface area (Å²) in [5, 5.41) is -0.485. The van der Waals surface area contributed by atoms with E-state index >= 15 is 0 Å². The second-order valence-electron chi connectivity index (χ2n) is 5.43. The fourth-order valence-electron chi connectivity index (χ4n) is 2.65. The third-order valence-corrected chi connectivity index (χ3v) is 7.55. The van der Waals surface area contributed by atoms with E-state index in [1.165, 1.54) is 24.3 Å². The number of nitrogens with two attached hydrogens (primary N) is 1. The molecule has 0 bridgehead atoms. The van der Waals surface area contributed by atoms with E-state index in [1.807, 2.05) is 6.92 Å². The minimum atomic E-state index is -3.46. The van der Waals surface area contributed by atoms with Crippen molar-refractivity contribution in [3.8, 4) is 0 Å². The molecule has 0 aromatic heterocycles. The summed E-state index contributed by atoms with van der Waals surface area (Å²) in [4.78, 5) is 0.281. The molecule has 1 aromatic rings. The van der Waals surface area contributed by atoms with Crippen molar-refractivity contribution < 1.29 is 16.8 Å². The molecular weight excluding hydrogens is 298 g/mol. The van der Waals surface area contributed by atoms with Gasteiger partial charge in [0, 0.05) is 12.3 Å². The van der Waals surface area contributed by atoms with Gasteiger partial charge in [0.2, 0.25) is 0 Å². The van der Waals surface area contributed by atoms with Crippen LogP contribution < -0.4 is 5.73 Å². The van der Waals surface area contributed by atoms with E-state index in [1.54, 1.807) is 0 Å². The van der Waals surface area contributed by atoms with Crippen molar-refractivity contribution in [2.45, 2.75) is 40.8 Å². The Labute approximate surface area is 120 Å². The normalized spacial score (nSPS) is 27.6. The summed E-state index contributed by atoms with van der Waals surface area (Å²) >= 11 is 0. The van der Waals surface area contributed by atoms with Gasteiger partial charge in [0.15, 0.2) is 19.7 Å². The van der Waals surface area contributed by atoms with Crippen LogP contribution in [0.4, 0.5) is 0 Å². The number of hydrogen-bond acceptors (Lipinski definition) is 5. The summed E-state index contributed by atoms with van der Waals surface area (Å²) in [5.41, 5.74) is 5.88. The monoisotopic (exact) mass is 317 g/mol. The van der Waals surface area contributed by atoms with Crippen LogP contribution in [-0.2, 0) is 19.7 Å². The van der Waals surface area contributed by atoms with Crippen LogP contribution in [0.2, 0.25) is 0 Å². The molecule has 2 N–H and O–H groups in total. The van der Waals surface area contributed by atoms with E-state index in [9.17, 15) is 16.8 Å². The summed E-state index contributed by atoms with van der Waals surface area (Å²) in [6.45, 7) is 1.85. The van der Waals surface area contributed by atoms with Gasteiger partial charge in [0.1, 0.15) is 0 Å². The second kappa shape index (κ2) is 5.13. The lowest BCUT2D eigenvalue weighted by Crippen LogP contribution is -2.32. The molecule has 112 valence electrons. The van der Waals surface area contributed by atoms with Gasteiger partial charge in [-0.05, 0) is 43.0 Å². The van der Waals surface area contributed by atoms with Gasteiger partial charge in [-0.3, -0.25) is 0 Å². The summed E-state index contributed by atoms with van der Waals surface area (Å²) in [5.74, 6) is -0.0883. The quantitative estimate of drug-likeness (QED) is 0.897. The number of rotatable bonds is 3. The molecule has 1 aliphatic rings. The molecule has 2 rings (SSSR count). The largest absolute Gasteiger partial charge is 0.327 e. The minimum absolute atomic E-state index is 0.0883. The van der Waals surface area contributed by atoms with E-state index < -0.39 is 24.9 Å². The zero-order valence-corrected chi connectivity index (χ0v) is 13.1. The van der Waals surface area contributed by atoms with Gasteiger partial charge < -0.3 is 5.73 Å². The number of sulfone groups is 2. The van der Waals surface area contributed by atoms with Crippen molar-refractivity contribution in [3.63, 3.8) is 0 Å². The van der Waals surface area contributed by atoms with Crippen molar-refractivity contribution in [1.82, 2.24) is 0 Å². The molecule has 3 unspecified atom stereocenters. The van der Waals surface area contributed by atoms with Crippen LogP contribution in [-0.4, -0.2) is 34.4 Å². The van der Waals surface area contributed by atoms with Crippen LogP contribution in [0.1, 0.15) is 19.8 Å². The van der Waals surface area contributed by atoms with Gasteiger partial charge in [-0.1, -0.05) is 6.92 Å². The summed E-state index contributed by atoms with van der Waals surface area (Å²) in [6, 6.07) is 5.30. The van der Waals surface area contributed by atoms with Crippen LogP contribution in [0.25, 0.3) is 0 Å².